The lowest BCUT2D eigenvalue weighted by atomic mass is 10.5. The van der Waals surface area contributed by atoms with E-state index in [1.165, 1.54) is 14.8 Å². The molecule has 0 amide bonds. The molecule has 0 aliphatic rings. The number of aromatic nitrogens is 2. The zero-order valence-corrected chi connectivity index (χ0v) is 11.1. The highest BCUT2D eigenvalue weighted by Gasteiger charge is 2.01. The quantitative estimate of drug-likeness (QED) is 0.890. The van der Waals surface area contributed by atoms with Gasteiger partial charge in [-0.3, -0.25) is 0 Å². The number of nitrogens with one attached hydrogen (secondary N) is 1. The monoisotopic (exact) mass is 253 g/mol. The Labute approximate surface area is 104 Å². The van der Waals surface area contributed by atoms with Crippen LogP contribution in [0.5, 0.6) is 0 Å². The minimum absolute atomic E-state index is 0.894. The summed E-state index contributed by atoms with van der Waals surface area (Å²) in [6.07, 6.45) is 4.93. The third kappa shape index (κ3) is 3.10. The highest BCUT2D eigenvalue weighted by Crippen LogP contribution is 2.14. The molecule has 16 heavy (non-hydrogen) atoms. The van der Waals surface area contributed by atoms with Gasteiger partial charge < -0.3 is 5.32 Å². The standard InChI is InChI=1S/C11H15N3S2/c1-3-11-14-7-10(16-11)5-12-4-9-6-13-8(2)15-9/h6-7,12H,3-5H2,1-2H3. The molecule has 0 bridgehead atoms. The Bertz CT molecular complexity index is 448. The summed E-state index contributed by atoms with van der Waals surface area (Å²) in [5, 5.41) is 5.75. The van der Waals surface area contributed by atoms with Gasteiger partial charge in [0.15, 0.2) is 0 Å². The van der Waals surface area contributed by atoms with Crippen LogP contribution in [0.3, 0.4) is 0 Å². The van der Waals surface area contributed by atoms with Gasteiger partial charge in [-0.1, -0.05) is 6.92 Å². The molecular weight excluding hydrogens is 238 g/mol. The fourth-order valence-corrected chi connectivity index (χ4v) is 2.99. The molecule has 2 heterocycles. The summed E-state index contributed by atoms with van der Waals surface area (Å²) in [7, 11) is 0. The lowest BCUT2D eigenvalue weighted by Crippen LogP contribution is -2.10. The Morgan fingerprint density at radius 1 is 1.12 bits per heavy atom. The normalized spacial score (nSPS) is 10.9. The summed E-state index contributed by atoms with van der Waals surface area (Å²) >= 11 is 3.53. The molecule has 3 nitrogen and oxygen atoms in total. The van der Waals surface area contributed by atoms with Gasteiger partial charge in [0.05, 0.1) is 10.0 Å². The summed E-state index contributed by atoms with van der Waals surface area (Å²) in [6, 6.07) is 0. The van der Waals surface area contributed by atoms with Gasteiger partial charge in [0.1, 0.15) is 0 Å². The molecule has 0 saturated carbocycles. The first-order valence-electron chi connectivity index (χ1n) is 5.33. The third-order valence-corrected chi connectivity index (χ3v) is 4.23. The second kappa shape index (κ2) is 5.52. The van der Waals surface area contributed by atoms with Crippen LogP contribution < -0.4 is 5.32 Å². The maximum absolute atomic E-state index is 4.33. The van der Waals surface area contributed by atoms with Crippen LogP contribution in [0.2, 0.25) is 0 Å². The van der Waals surface area contributed by atoms with Crippen molar-refractivity contribution in [2.24, 2.45) is 0 Å². The number of hydrogen-bond acceptors (Lipinski definition) is 5. The van der Waals surface area contributed by atoms with E-state index in [0.717, 1.165) is 24.5 Å². The zero-order valence-electron chi connectivity index (χ0n) is 9.49. The smallest absolute Gasteiger partial charge is 0.0925 e. The van der Waals surface area contributed by atoms with Gasteiger partial charge in [-0.25, -0.2) is 9.97 Å². The third-order valence-electron chi connectivity index (χ3n) is 2.17. The molecule has 0 radical (unpaired) electrons. The predicted molar refractivity (Wildman–Crippen MR) is 68.9 cm³/mol. The molecule has 2 aromatic rings. The Kier molecular flexibility index (Phi) is 4.04. The van der Waals surface area contributed by atoms with Crippen molar-refractivity contribution in [1.82, 2.24) is 15.3 Å². The SMILES string of the molecule is CCc1ncc(CNCc2cnc(C)s2)s1. The van der Waals surface area contributed by atoms with Gasteiger partial charge in [0, 0.05) is 35.2 Å². The molecule has 5 heteroatoms. The van der Waals surface area contributed by atoms with Crippen LogP contribution in [0, 0.1) is 6.92 Å². The molecule has 1 N–H and O–H groups in total. The number of thiazole rings is 2. The van der Waals surface area contributed by atoms with E-state index in [1.807, 2.05) is 19.3 Å². The van der Waals surface area contributed by atoms with Crippen LogP contribution in [0.4, 0.5) is 0 Å². The van der Waals surface area contributed by atoms with Crippen molar-refractivity contribution in [3.8, 4) is 0 Å². The highest BCUT2D eigenvalue weighted by atomic mass is 32.1. The second-order valence-corrected chi connectivity index (χ2v) is 6.04. The topological polar surface area (TPSA) is 37.8 Å². The van der Waals surface area contributed by atoms with Crippen molar-refractivity contribution >= 4 is 22.7 Å². The van der Waals surface area contributed by atoms with E-state index in [0.29, 0.717) is 0 Å². The summed E-state index contributed by atoms with van der Waals surface area (Å²) in [4.78, 5) is 11.2. The Morgan fingerprint density at radius 3 is 2.38 bits per heavy atom. The van der Waals surface area contributed by atoms with Gasteiger partial charge in [-0.15, -0.1) is 22.7 Å². The number of hydrogen-bond donors (Lipinski definition) is 1. The minimum Gasteiger partial charge on any atom is -0.307 e. The molecule has 0 aliphatic heterocycles. The van der Waals surface area contributed by atoms with Crippen LogP contribution in [0.1, 0.15) is 26.7 Å². The molecule has 0 atom stereocenters. The second-order valence-electron chi connectivity index (χ2n) is 3.52. The van der Waals surface area contributed by atoms with Crippen LogP contribution in [-0.4, -0.2) is 9.97 Å². The molecule has 0 spiro atoms. The zero-order chi connectivity index (χ0) is 11.4. The highest BCUT2D eigenvalue weighted by molar-refractivity contribution is 7.11. The van der Waals surface area contributed by atoms with E-state index in [2.05, 4.69) is 22.2 Å². The fourth-order valence-electron chi connectivity index (χ4n) is 1.39. The first kappa shape index (κ1) is 11.7. The first-order valence-corrected chi connectivity index (χ1v) is 6.97. The molecule has 0 aromatic carbocycles. The van der Waals surface area contributed by atoms with Crippen LogP contribution >= 0.6 is 22.7 Å². The number of nitrogens with zero attached hydrogens (tertiary/aromatic N) is 2. The minimum atomic E-state index is 0.894. The van der Waals surface area contributed by atoms with Crippen molar-refractivity contribution in [3.63, 3.8) is 0 Å². The van der Waals surface area contributed by atoms with Gasteiger partial charge in [-0.2, -0.15) is 0 Å². The van der Waals surface area contributed by atoms with Crippen molar-refractivity contribution < 1.29 is 0 Å². The Morgan fingerprint density at radius 2 is 1.81 bits per heavy atom. The van der Waals surface area contributed by atoms with Crippen molar-refractivity contribution in [2.45, 2.75) is 33.4 Å². The van der Waals surface area contributed by atoms with Crippen molar-refractivity contribution in [1.29, 1.82) is 0 Å². The predicted octanol–water partition coefficient (Wildman–Crippen LogP) is 2.76. The average Bonchev–Trinajstić information content (AvgIpc) is 2.88. The molecule has 0 aliphatic carbocycles. The molecular formula is C11H15N3S2. The maximum atomic E-state index is 4.33. The number of rotatable bonds is 5. The Balaban J connectivity index is 1.79. The van der Waals surface area contributed by atoms with E-state index >= 15 is 0 Å². The van der Waals surface area contributed by atoms with E-state index in [1.54, 1.807) is 22.7 Å². The van der Waals surface area contributed by atoms with Crippen LogP contribution in [0.25, 0.3) is 0 Å². The lowest BCUT2D eigenvalue weighted by Gasteiger charge is -1.98. The van der Waals surface area contributed by atoms with Gasteiger partial charge >= 0.3 is 0 Å². The van der Waals surface area contributed by atoms with Crippen molar-refractivity contribution in [2.75, 3.05) is 0 Å². The largest absolute Gasteiger partial charge is 0.307 e. The molecule has 2 aromatic heterocycles. The molecule has 2 rings (SSSR count). The van der Waals surface area contributed by atoms with Gasteiger partial charge in [0.25, 0.3) is 0 Å². The van der Waals surface area contributed by atoms with Gasteiger partial charge in [-0.05, 0) is 13.3 Å². The molecule has 0 unspecified atom stereocenters. The molecule has 0 saturated heterocycles. The van der Waals surface area contributed by atoms with E-state index in [4.69, 9.17) is 0 Å². The summed E-state index contributed by atoms with van der Waals surface area (Å²) in [6.45, 7) is 5.96. The van der Waals surface area contributed by atoms with Crippen molar-refractivity contribution in [3.05, 3.63) is 32.2 Å². The summed E-state index contributed by atoms with van der Waals surface area (Å²) in [5.74, 6) is 0. The summed E-state index contributed by atoms with van der Waals surface area (Å²) in [5.41, 5.74) is 0. The van der Waals surface area contributed by atoms with Crippen LogP contribution in [-0.2, 0) is 19.5 Å². The average molecular weight is 253 g/mol. The van der Waals surface area contributed by atoms with Crippen LogP contribution in [0.15, 0.2) is 12.4 Å². The summed E-state index contributed by atoms with van der Waals surface area (Å²) < 4.78 is 0. The van der Waals surface area contributed by atoms with E-state index < -0.39 is 0 Å². The van der Waals surface area contributed by atoms with E-state index in [-0.39, 0.29) is 0 Å². The lowest BCUT2D eigenvalue weighted by molar-refractivity contribution is 0.707. The maximum Gasteiger partial charge on any atom is 0.0925 e. The first-order chi connectivity index (χ1) is 7.78. The van der Waals surface area contributed by atoms with Gasteiger partial charge in [0.2, 0.25) is 0 Å². The molecule has 86 valence electrons. The Hall–Kier alpha value is -0.780. The fraction of sp³-hybridized carbons (Fsp3) is 0.455. The van der Waals surface area contributed by atoms with E-state index in [9.17, 15) is 0 Å². The molecule has 0 fully saturated rings. The number of aryl methyl sites for hydroxylation is 2.